The summed E-state index contributed by atoms with van der Waals surface area (Å²) in [7, 11) is 1.68. The Balaban J connectivity index is 2.29. The zero-order valence-corrected chi connectivity index (χ0v) is 7.27. The molecule has 0 aromatic carbocycles. The molecule has 0 fully saturated rings. The summed E-state index contributed by atoms with van der Waals surface area (Å²) in [5, 5.41) is 2.08. The molecule has 3 heteroatoms. The Labute approximate surface area is 70.3 Å². The van der Waals surface area contributed by atoms with Crippen molar-refractivity contribution in [3.05, 3.63) is 22.4 Å². The number of thiophene rings is 1. The monoisotopic (exact) mass is 166 g/mol. The van der Waals surface area contributed by atoms with Crippen LogP contribution in [0.3, 0.4) is 0 Å². The number of rotatable bonds is 3. The highest BCUT2D eigenvalue weighted by molar-refractivity contribution is 7.09. The van der Waals surface area contributed by atoms with Crippen LogP contribution in [0.2, 0.25) is 0 Å². The zero-order valence-electron chi connectivity index (χ0n) is 6.45. The van der Waals surface area contributed by atoms with Crippen molar-refractivity contribution in [3.63, 3.8) is 0 Å². The average molecular weight is 166 g/mol. The zero-order chi connectivity index (χ0) is 7.94. The van der Waals surface area contributed by atoms with Gasteiger partial charge in [0.1, 0.15) is 0 Å². The van der Waals surface area contributed by atoms with E-state index in [0.717, 1.165) is 13.0 Å². The molecular weight excluding hydrogens is 156 g/mol. The van der Waals surface area contributed by atoms with Gasteiger partial charge in [0.15, 0.2) is 0 Å². The van der Waals surface area contributed by atoms with Gasteiger partial charge in [0.2, 0.25) is 0 Å². The third-order valence-corrected chi connectivity index (χ3v) is 2.16. The molecule has 0 bridgehead atoms. The lowest BCUT2D eigenvalue weighted by Gasteiger charge is -1.87. The van der Waals surface area contributed by atoms with E-state index in [-0.39, 0.29) is 0 Å². The van der Waals surface area contributed by atoms with Crippen LogP contribution >= 0.6 is 11.3 Å². The third-order valence-electron chi connectivity index (χ3n) is 1.22. The van der Waals surface area contributed by atoms with E-state index in [0.29, 0.717) is 0 Å². The van der Waals surface area contributed by atoms with E-state index >= 15 is 0 Å². The molecule has 0 saturated heterocycles. The fraction of sp³-hybridized carbons (Fsp3) is 0.375. The maximum atomic E-state index is 3.95. The Morgan fingerprint density at radius 3 is 3.18 bits per heavy atom. The summed E-state index contributed by atoms with van der Waals surface area (Å²) in [6, 6.07) is 6.73. The molecule has 0 atom stereocenters. The molecule has 0 N–H and O–H groups in total. The summed E-state index contributed by atoms with van der Waals surface area (Å²) in [6.45, 7) is 0.790. The molecule has 0 saturated carbocycles. The van der Waals surface area contributed by atoms with Gasteiger partial charge in [0, 0.05) is 18.3 Å². The van der Waals surface area contributed by atoms with Crippen molar-refractivity contribution in [3.8, 4) is 0 Å². The van der Waals surface area contributed by atoms with E-state index in [9.17, 15) is 0 Å². The van der Waals surface area contributed by atoms with Gasteiger partial charge in [-0.2, -0.15) is 0 Å². The van der Waals surface area contributed by atoms with Gasteiger partial charge in [-0.25, -0.2) is 9.98 Å². The summed E-state index contributed by atoms with van der Waals surface area (Å²) in [6.07, 6.45) is 1.00. The Morgan fingerprint density at radius 2 is 2.55 bits per heavy atom. The van der Waals surface area contributed by atoms with Crippen molar-refractivity contribution in [2.24, 2.45) is 9.98 Å². The van der Waals surface area contributed by atoms with Gasteiger partial charge in [0.25, 0.3) is 0 Å². The SMILES string of the molecule is CN=C=NCCc1cccs1. The number of hydrogen-bond acceptors (Lipinski definition) is 3. The van der Waals surface area contributed by atoms with E-state index in [1.165, 1.54) is 4.88 Å². The van der Waals surface area contributed by atoms with Crippen LogP contribution in [0.5, 0.6) is 0 Å². The van der Waals surface area contributed by atoms with E-state index < -0.39 is 0 Å². The van der Waals surface area contributed by atoms with E-state index in [4.69, 9.17) is 0 Å². The lowest BCUT2D eigenvalue weighted by Crippen LogP contribution is -1.83. The molecule has 1 heterocycles. The van der Waals surface area contributed by atoms with E-state index in [1.807, 2.05) is 0 Å². The van der Waals surface area contributed by atoms with Crippen molar-refractivity contribution < 1.29 is 0 Å². The van der Waals surface area contributed by atoms with Crippen LogP contribution in [0.15, 0.2) is 27.5 Å². The lowest BCUT2D eigenvalue weighted by atomic mass is 10.3. The number of aliphatic imine (C=N–C) groups is 2. The smallest absolute Gasteiger partial charge is 0.0889 e. The van der Waals surface area contributed by atoms with Crippen LogP contribution < -0.4 is 0 Å². The molecule has 0 spiro atoms. The van der Waals surface area contributed by atoms with Gasteiger partial charge >= 0.3 is 0 Å². The van der Waals surface area contributed by atoms with Gasteiger partial charge in [-0.1, -0.05) is 6.07 Å². The molecule has 1 aromatic heterocycles. The van der Waals surface area contributed by atoms with E-state index in [1.54, 1.807) is 18.4 Å². The predicted molar refractivity (Wildman–Crippen MR) is 48.7 cm³/mol. The molecule has 11 heavy (non-hydrogen) atoms. The number of hydrogen-bond donors (Lipinski definition) is 0. The van der Waals surface area contributed by atoms with Crippen LogP contribution in [0, 0.1) is 0 Å². The molecule has 0 aliphatic rings. The van der Waals surface area contributed by atoms with Crippen molar-refractivity contribution >= 4 is 17.3 Å². The first-order valence-corrected chi connectivity index (χ1v) is 4.34. The first-order valence-electron chi connectivity index (χ1n) is 3.46. The molecule has 1 aromatic rings. The first-order chi connectivity index (χ1) is 5.43. The van der Waals surface area contributed by atoms with Crippen LogP contribution in [0.25, 0.3) is 0 Å². The maximum Gasteiger partial charge on any atom is 0.0889 e. The fourth-order valence-corrected chi connectivity index (χ4v) is 1.44. The maximum absolute atomic E-state index is 3.95. The van der Waals surface area contributed by atoms with Crippen molar-refractivity contribution in [2.45, 2.75) is 6.42 Å². The average Bonchev–Trinajstić information content (AvgIpc) is 2.50. The summed E-state index contributed by atoms with van der Waals surface area (Å²) >= 11 is 1.76. The number of nitrogens with zero attached hydrogens (tertiary/aromatic N) is 2. The van der Waals surface area contributed by atoms with Crippen LogP contribution in [-0.4, -0.2) is 19.6 Å². The summed E-state index contributed by atoms with van der Waals surface area (Å²) in [4.78, 5) is 8.96. The first kappa shape index (κ1) is 8.18. The van der Waals surface area contributed by atoms with Gasteiger partial charge in [-0.3, -0.25) is 0 Å². The minimum atomic E-state index is 0.790. The fourth-order valence-electron chi connectivity index (χ4n) is 0.742. The highest BCUT2D eigenvalue weighted by Gasteiger charge is 1.89. The standard InChI is InChI=1S/C8H10N2S/c1-9-7-10-5-4-8-3-2-6-11-8/h2-3,6H,4-5H2,1H3. The molecule has 1 rings (SSSR count). The van der Waals surface area contributed by atoms with E-state index in [2.05, 4.69) is 33.5 Å². The summed E-state index contributed by atoms with van der Waals surface area (Å²) < 4.78 is 0. The third kappa shape index (κ3) is 3.12. The topological polar surface area (TPSA) is 24.7 Å². The molecule has 2 nitrogen and oxygen atoms in total. The van der Waals surface area contributed by atoms with Gasteiger partial charge in [-0.15, -0.1) is 11.3 Å². The van der Waals surface area contributed by atoms with Crippen molar-refractivity contribution in [2.75, 3.05) is 13.6 Å². The highest BCUT2D eigenvalue weighted by atomic mass is 32.1. The molecule has 0 aliphatic heterocycles. The molecule has 0 radical (unpaired) electrons. The Bertz CT molecular complexity index is 245. The molecular formula is C8H10N2S. The van der Waals surface area contributed by atoms with Gasteiger partial charge in [-0.05, 0) is 11.4 Å². The van der Waals surface area contributed by atoms with Crippen molar-refractivity contribution in [1.29, 1.82) is 0 Å². The molecule has 0 amide bonds. The Hall–Kier alpha value is -0.920. The van der Waals surface area contributed by atoms with Crippen molar-refractivity contribution in [1.82, 2.24) is 0 Å². The minimum absolute atomic E-state index is 0.790. The predicted octanol–water partition coefficient (Wildman–Crippen LogP) is 2.09. The lowest BCUT2D eigenvalue weighted by molar-refractivity contribution is 0.993. The summed E-state index contributed by atoms with van der Waals surface area (Å²) in [5.74, 6) is 0. The van der Waals surface area contributed by atoms with Crippen LogP contribution in [0.4, 0.5) is 0 Å². The molecule has 58 valence electrons. The Morgan fingerprint density at radius 1 is 1.64 bits per heavy atom. The summed E-state index contributed by atoms with van der Waals surface area (Å²) in [5.41, 5.74) is 0. The van der Waals surface area contributed by atoms with Gasteiger partial charge < -0.3 is 0 Å². The second-order valence-corrected chi connectivity index (χ2v) is 3.07. The Kier molecular flexibility index (Phi) is 3.59. The minimum Gasteiger partial charge on any atom is -0.229 e. The normalized spacial score (nSPS) is 8.82. The highest BCUT2D eigenvalue weighted by Crippen LogP contribution is 2.08. The second kappa shape index (κ2) is 4.83. The van der Waals surface area contributed by atoms with Crippen LogP contribution in [-0.2, 0) is 6.42 Å². The molecule has 0 unspecified atom stereocenters. The molecule has 0 aliphatic carbocycles. The second-order valence-electron chi connectivity index (χ2n) is 2.03. The van der Waals surface area contributed by atoms with Gasteiger partial charge in [0.05, 0.1) is 12.6 Å². The van der Waals surface area contributed by atoms with Crippen LogP contribution in [0.1, 0.15) is 4.88 Å². The largest absolute Gasteiger partial charge is 0.229 e. The quantitative estimate of drug-likeness (QED) is 0.614.